The number of aromatic nitrogens is 2. The number of hydrogen-bond acceptors (Lipinski definition) is 7. The summed E-state index contributed by atoms with van der Waals surface area (Å²) < 4.78 is 52.1. The molecule has 0 aliphatic rings. The molecular weight excluding hydrogens is 453 g/mol. The zero-order valence-corrected chi connectivity index (χ0v) is 17.5. The molecule has 2 unspecified atom stereocenters. The molecule has 2 aromatic heterocycles. The van der Waals surface area contributed by atoms with Crippen molar-refractivity contribution in [2.45, 2.75) is 24.7 Å². The molecule has 4 aromatic rings. The van der Waals surface area contributed by atoms with Gasteiger partial charge in [0.05, 0.1) is 12.0 Å². The van der Waals surface area contributed by atoms with Gasteiger partial charge in [0.15, 0.2) is 0 Å². The summed E-state index contributed by atoms with van der Waals surface area (Å²) >= 11 is 0. The Morgan fingerprint density at radius 3 is 2.50 bits per heavy atom. The number of nitrogens with zero attached hydrogens (tertiary/aromatic N) is 2. The highest BCUT2D eigenvalue weighted by Gasteiger charge is 2.43. The Hall–Kier alpha value is -4.12. The monoisotopic (exact) mass is 472 g/mol. The SMILES string of the molecule is Nc1nc(OC(c2ccc3occc3c2)C(F)(F)F)cc(-c2ccc(CC(N)C(=O)O)cc2)n1. The van der Waals surface area contributed by atoms with Crippen LogP contribution in [-0.4, -0.2) is 33.3 Å². The lowest BCUT2D eigenvalue weighted by atomic mass is 10.0. The van der Waals surface area contributed by atoms with Crippen LogP contribution in [0.4, 0.5) is 19.1 Å². The third-order valence-corrected chi connectivity index (χ3v) is 5.06. The Morgan fingerprint density at radius 2 is 1.82 bits per heavy atom. The van der Waals surface area contributed by atoms with E-state index in [1.54, 1.807) is 30.3 Å². The maximum absolute atomic E-state index is 13.9. The molecule has 0 radical (unpaired) electrons. The van der Waals surface area contributed by atoms with Gasteiger partial charge in [-0.3, -0.25) is 4.79 Å². The maximum atomic E-state index is 13.9. The van der Waals surface area contributed by atoms with Gasteiger partial charge in [-0.1, -0.05) is 30.3 Å². The second-order valence-electron chi connectivity index (χ2n) is 7.55. The minimum absolute atomic E-state index is 0.115. The van der Waals surface area contributed by atoms with E-state index in [0.29, 0.717) is 22.1 Å². The van der Waals surface area contributed by atoms with Crippen LogP contribution in [0.1, 0.15) is 17.2 Å². The summed E-state index contributed by atoms with van der Waals surface area (Å²) in [5, 5.41) is 9.44. The summed E-state index contributed by atoms with van der Waals surface area (Å²) in [6, 6.07) is 12.4. The highest BCUT2D eigenvalue weighted by molar-refractivity contribution is 5.78. The molecule has 0 spiro atoms. The van der Waals surface area contributed by atoms with Crippen molar-refractivity contribution in [2.75, 3.05) is 5.73 Å². The quantitative estimate of drug-likeness (QED) is 0.365. The van der Waals surface area contributed by atoms with Crippen LogP contribution in [0.25, 0.3) is 22.2 Å². The normalized spacial score (nSPS) is 13.5. The molecule has 11 heteroatoms. The molecule has 0 bridgehead atoms. The van der Waals surface area contributed by atoms with Crippen molar-refractivity contribution >= 4 is 22.9 Å². The van der Waals surface area contributed by atoms with Crippen molar-refractivity contribution in [1.29, 1.82) is 0 Å². The lowest BCUT2D eigenvalue weighted by molar-refractivity contribution is -0.198. The van der Waals surface area contributed by atoms with Gasteiger partial charge in [0.2, 0.25) is 17.9 Å². The summed E-state index contributed by atoms with van der Waals surface area (Å²) in [5.41, 5.74) is 13.0. The van der Waals surface area contributed by atoms with E-state index in [1.807, 2.05) is 0 Å². The number of alkyl halides is 3. The van der Waals surface area contributed by atoms with Crippen LogP contribution in [0.15, 0.2) is 65.3 Å². The second-order valence-corrected chi connectivity index (χ2v) is 7.55. The molecule has 34 heavy (non-hydrogen) atoms. The van der Waals surface area contributed by atoms with Gasteiger partial charge in [-0.15, -0.1) is 0 Å². The number of nitrogens with two attached hydrogens (primary N) is 2. The van der Waals surface area contributed by atoms with Crippen LogP contribution in [-0.2, 0) is 11.2 Å². The van der Waals surface area contributed by atoms with Gasteiger partial charge >= 0.3 is 12.1 Å². The Morgan fingerprint density at radius 1 is 1.09 bits per heavy atom. The number of rotatable bonds is 7. The van der Waals surface area contributed by atoms with Gasteiger partial charge in [0, 0.05) is 22.6 Å². The lowest BCUT2D eigenvalue weighted by Crippen LogP contribution is -2.32. The second kappa shape index (κ2) is 9.02. The third-order valence-electron chi connectivity index (χ3n) is 5.06. The van der Waals surface area contributed by atoms with Crippen molar-refractivity contribution in [3.8, 4) is 17.1 Å². The molecule has 0 saturated carbocycles. The van der Waals surface area contributed by atoms with Crippen LogP contribution < -0.4 is 16.2 Å². The van der Waals surface area contributed by atoms with E-state index in [1.165, 1.54) is 30.5 Å². The first-order valence-electron chi connectivity index (χ1n) is 10.0. The number of nitrogen functional groups attached to an aromatic ring is 1. The van der Waals surface area contributed by atoms with Crippen LogP contribution in [0.5, 0.6) is 5.88 Å². The number of anilines is 1. The predicted octanol–water partition coefficient (Wildman–Crippen LogP) is 4.11. The first kappa shape index (κ1) is 23.1. The zero-order chi connectivity index (χ0) is 24.5. The Kier molecular flexibility index (Phi) is 6.12. The fourth-order valence-corrected chi connectivity index (χ4v) is 3.40. The number of hydrogen-bond donors (Lipinski definition) is 3. The number of carboxylic acids is 1. The number of benzene rings is 2. The molecule has 4 rings (SSSR count). The highest BCUT2D eigenvalue weighted by Crippen LogP contribution is 2.38. The Labute approximate surface area is 191 Å². The molecule has 2 atom stereocenters. The van der Waals surface area contributed by atoms with Crippen molar-refractivity contribution < 1.29 is 32.2 Å². The third kappa shape index (κ3) is 5.09. The van der Waals surface area contributed by atoms with E-state index < -0.39 is 24.3 Å². The van der Waals surface area contributed by atoms with E-state index in [4.69, 9.17) is 25.7 Å². The number of aliphatic carboxylic acids is 1. The first-order chi connectivity index (χ1) is 16.1. The minimum Gasteiger partial charge on any atom is -0.480 e. The summed E-state index contributed by atoms with van der Waals surface area (Å²) in [6.07, 6.45) is -5.53. The highest BCUT2D eigenvalue weighted by atomic mass is 19.4. The lowest BCUT2D eigenvalue weighted by Gasteiger charge is -2.22. The van der Waals surface area contributed by atoms with Gasteiger partial charge in [0.1, 0.15) is 11.6 Å². The number of carbonyl (C=O) groups is 1. The number of halogens is 3. The number of carboxylic acid groups (broad SMARTS) is 1. The fraction of sp³-hybridized carbons (Fsp3) is 0.174. The van der Waals surface area contributed by atoms with Gasteiger partial charge in [-0.2, -0.15) is 18.2 Å². The topological polar surface area (TPSA) is 137 Å². The molecular formula is C23H19F3N4O4. The maximum Gasteiger partial charge on any atom is 0.429 e. The van der Waals surface area contributed by atoms with Gasteiger partial charge in [-0.25, -0.2) is 4.98 Å². The zero-order valence-electron chi connectivity index (χ0n) is 17.5. The van der Waals surface area contributed by atoms with Crippen molar-refractivity contribution in [2.24, 2.45) is 5.73 Å². The van der Waals surface area contributed by atoms with Crippen LogP contribution in [0.3, 0.4) is 0 Å². The molecule has 0 aliphatic heterocycles. The van der Waals surface area contributed by atoms with Crippen molar-refractivity contribution in [1.82, 2.24) is 9.97 Å². The molecule has 5 N–H and O–H groups in total. The van der Waals surface area contributed by atoms with Gasteiger partial charge in [0.25, 0.3) is 0 Å². The summed E-state index contributed by atoms with van der Waals surface area (Å²) in [4.78, 5) is 18.8. The molecule has 2 heterocycles. The summed E-state index contributed by atoms with van der Waals surface area (Å²) in [7, 11) is 0. The molecule has 8 nitrogen and oxygen atoms in total. The molecule has 0 aliphatic carbocycles. The molecule has 176 valence electrons. The van der Waals surface area contributed by atoms with Crippen LogP contribution in [0.2, 0.25) is 0 Å². The van der Waals surface area contributed by atoms with Crippen LogP contribution >= 0.6 is 0 Å². The standard InChI is InChI=1S/C23H19F3N4O4/c24-23(25,26)20(15-5-6-18-14(10-15)7-8-33-18)34-19-11-17(29-22(28)30-19)13-3-1-12(2-4-13)9-16(27)21(31)32/h1-8,10-11,16,20H,9,27H2,(H,31,32)(H2,28,29,30). The van der Waals surface area contributed by atoms with E-state index in [-0.39, 0.29) is 29.5 Å². The Bertz CT molecular complexity index is 1320. The predicted molar refractivity (Wildman–Crippen MR) is 117 cm³/mol. The largest absolute Gasteiger partial charge is 0.480 e. The summed E-state index contributed by atoms with van der Waals surface area (Å²) in [5.74, 6) is -1.75. The van der Waals surface area contributed by atoms with Gasteiger partial charge < -0.3 is 25.7 Å². The van der Waals surface area contributed by atoms with Gasteiger partial charge in [-0.05, 0) is 30.2 Å². The van der Waals surface area contributed by atoms with Crippen molar-refractivity contribution in [3.05, 3.63) is 72.0 Å². The van der Waals surface area contributed by atoms with Crippen molar-refractivity contribution in [3.63, 3.8) is 0 Å². The molecule has 2 aromatic carbocycles. The molecule has 0 saturated heterocycles. The van der Waals surface area contributed by atoms with Crippen LogP contribution in [0, 0.1) is 0 Å². The van der Waals surface area contributed by atoms with E-state index >= 15 is 0 Å². The molecule has 0 amide bonds. The summed E-state index contributed by atoms with van der Waals surface area (Å²) in [6.45, 7) is 0. The number of furan rings is 1. The molecule has 0 fully saturated rings. The minimum atomic E-state index is -4.73. The van der Waals surface area contributed by atoms with E-state index in [2.05, 4.69) is 9.97 Å². The number of fused-ring (bicyclic) bond motifs is 1. The number of ether oxygens (including phenoxy) is 1. The first-order valence-corrected chi connectivity index (χ1v) is 10.0. The van der Waals surface area contributed by atoms with E-state index in [0.717, 1.165) is 0 Å². The average Bonchev–Trinajstić information content (AvgIpc) is 3.24. The smallest absolute Gasteiger partial charge is 0.429 e. The van der Waals surface area contributed by atoms with E-state index in [9.17, 15) is 18.0 Å². The fourth-order valence-electron chi connectivity index (χ4n) is 3.40. The average molecular weight is 472 g/mol. The Balaban J connectivity index is 1.62.